The standard InChI is InChI=1S/C31H34N4O3.C23H23BrN2O2.C14H23BN2O3/c36-31(38-21-22-6-2-1-3-7-22)35-27-10-12-29(35)25(17-27)19-33-14-13-24-16-23(9-11-28(24)33)26-18-32-34(20-26)30-8-4-5-15-37-30;24-19-6-8-21-17(12-19)10-11-25(21)14-18-13-20-7-9-22(18)26(20)23(27)28-15-16-4-2-1-3-5-16;1-13(2)14(3,4)20-15(19-13)11-9-16-17(10-11)12-7-5-6-8-18-12/h1-3,6-7,9,11,13-14,16,18,20,25,27,29-30H,4-5,8,10,12,15,17,19,21H2;1-6,8,10-12,18,20,22H,7,9,13-15H2;9-10,12H,5-8H2,1-4H3. The van der Waals surface area contributed by atoms with Gasteiger partial charge in [-0.1, -0.05) is 82.7 Å². The molecule has 2 amide bonds. The van der Waals surface area contributed by atoms with E-state index in [1.54, 1.807) is 0 Å². The molecule has 4 aromatic heterocycles. The zero-order valence-corrected chi connectivity index (χ0v) is 51.6. The number of rotatable bonds is 12. The second-order valence-corrected chi connectivity index (χ2v) is 26.5. The molecule has 7 saturated heterocycles. The van der Waals surface area contributed by atoms with Crippen molar-refractivity contribution in [2.75, 3.05) is 13.2 Å². The molecule has 450 valence electrons. The lowest BCUT2D eigenvalue weighted by atomic mass is 9.82. The van der Waals surface area contributed by atoms with E-state index in [0.29, 0.717) is 43.2 Å². The summed E-state index contributed by atoms with van der Waals surface area (Å²) in [5.41, 5.74) is 7.15. The van der Waals surface area contributed by atoms with Gasteiger partial charge in [0.2, 0.25) is 0 Å². The average Bonchev–Trinajstić information content (AvgIpc) is 1.89. The number of carbonyl (C=O) groups is 2. The Balaban J connectivity index is 0.000000126. The lowest BCUT2D eigenvalue weighted by Crippen LogP contribution is -2.41. The van der Waals surface area contributed by atoms with Crippen LogP contribution in [0.25, 0.3) is 32.9 Å². The first-order chi connectivity index (χ1) is 41.8. The molecule has 8 atom stereocenters. The normalized spacial score (nSPS) is 25.3. The van der Waals surface area contributed by atoms with Gasteiger partial charge in [0.1, 0.15) is 25.7 Å². The number of fused-ring (bicyclic) bond motifs is 6. The lowest BCUT2D eigenvalue weighted by molar-refractivity contribution is -0.0395. The van der Waals surface area contributed by atoms with Crippen molar-refractivity contribution in [2.24, 2.45) is 11.8 Å². The number of hydrogen-bond acceptors (Lipinski definition) is 10. The highest BCUT2D eigenvalue weighted by molar-refractivity contribution is 9.10. The Labute approximate surface area is 513 Å². The Hall–Kier alpha value is -6.70. The Bertz CT molecular complexity index is 3590. The van der Waals surface area contributed by atoms with Gasteiger partial charge >= 0.3 is 19.3 Å². The van der Waals surface area contributed by atoms with Gasteiger partial charge in [-0.05, 0) is 176 Å². The average molecular weight is 1230 g/mol. The van der Waals surface area contributed by atoms with Crippen LogP contribution in [0.5, 0.6) is 0 Å². The molecule has 11 heterocycles. The van der Waals surface area contributed by atoms with Gasteiger partial charge in [-0.2, -0.15) is 10.2 Å². The first kappa shape index (κ1) is 58.3. The maximum Gasteiger partial charge on any atom is 0.498 e. The third-order valence-corrected chi connectivity index (χ3v) is 20.0. The van der Waals surface area contributed by atoms with E-state index in [1.807, 2.05) is 98.4 Å². The van der Waals surface area contributed by atoms with Gasteiger partial charge < -0.3 is 47.2 Å². The van der Waals surface area contributed by atoms with Crippen LogP contribution in [0.4, 0.5) is 9.59 Å². The minimum Gasteiger partial charge on any atom is -0.445 e. The number of aromatic nitrogens is 6. The summed E-state index contributed by atoms with van der Waals surface area (Å²) in [6, 6.07) is 38.4. The fourth-order valence-corrected chi connectivity index (χ4v) is 14.6. The van der Waals surface area contributed by atoms with Crippen molar-refractivity contribution < 1.29 is 37.8 Å². The van der Waals surface area contributed by atoms with E-state index in [4.69, 9.17) is 28.3 Å². The molecule has 0 saturated carbocycles. The van der Waals surface area contributed by atoms with Gasteiger partial charge in [0.05, 0.1) is 17.4 Å². The molecule has 0 radical (unpaired) electrons. The topological polar surface area (TPSA) is 142 Å². The molecule has 16 nitrogen and oxygen atoms in total. The highest BCUT2D eigenvalue weighted by Crippen LogP contribution is 2.45. The minimum absolute atomic E-state index is 0.0549. The van der Waals surface area contributed by atoms with Crippen LogP contribution in [0.1, 0.15) is 128 Å². The molecule has 4 bridgehead atoms. The summed E-state index contributed by atoms with van der Waals surface area (Å²) < 4.78 is 44.7. The number of carbonyl (C=O) groups excluding carboxylic acids is 2. The van der Waals surface area contributed by atoms with Crippen molar-refractivity contribution in [2.45, 2.75) is 179 Å². The maximum atomic E-state index is 13.0. The molecule has 86 heavy (non-hydrogen) atoms. The van der Waals surface area contributed by atoms with E-state index in [-0.39, 0.29) is 49.0 Å². The van der Waals surface area contributed by atoms with Gasteiger partial charge in [0.15, 0.2) is 0 Å². The Morgan fingerprint density at radius 1 is 0.581 bits per heavy atom. The molecule has 7 fully saturated rings. The van der Waals surface area contributed by atoms with Crippen molar-refractivity contribution in [1.29, 1.82) is 0 Å². The van der Waals surface area contributed by atoms with Crippen molar-refractivity contribution in [3.8, 4) is 11.1 Å². The SMILES string of the molecule is CC1(C)OB(c2cnn(C3CCCCO3)c2)OC1(C)C.O=C(OCc1ccccc1)N1C2CCC1C(Cn1ccc3cc(-c4cnn(C5CCCCO5)c4)ccc31)C2.O=C(OCc1ccccc1)N1C2CCC1C(Cn1ccc3cc(Br)ccc31)C2. The van der Waals surface area contributed by atoms with Crippen LogP contribution in [0.15, 0.2) is 151 Å². The van der Waals surface area contributed by atoms with Crippen LogP contribution in [0.2, 0.25) is 0 Å². The number of benzene rings is 4. The highest BCUT2D eigenvalue weighted by atomic mass is 79.9. The maximum absolute atomic E-state index is 13.0. The van der Waals surface area contributed by atoms with Gasteiger partial charge in [0.25, 0.3) is 0 Å². The zero-order chi connectivity index (χ0) is 58.9. The third-order valence-electron chi connectivity index (χ3n) is 19.5. The molecule has 8 aromatic rings. The summed E-state index contributed by atoms with van der Waals surface area (Å²) >= 11 is 3.54. The fourth-order valence-electron chi connectivity index (χ4n) is 14.3. The van der Waals surface area contributed by atoms with Crippen molar-refractivity contribution in [3.63, 3.8) is 0 Å². The molecule has 15 rings (SSSR count). The predicted molar refractivity (Wildman–Crippen MR) is 335 cm³/mol. The summed E-state index contributed by atoms with van der Waals surface area (Å²) in [4.78, 5) is 29.8. The molecule has 8 unspecified atom stereocenters. The number of hydrogen-bond donors (Lipinski definition) is 0. The Morgan fingerprint density at radius 2 is 1.09 bits per heavy atom. The predicted octanol–water partition coefficient (Wildman–Crippen LogP) is 13.9. The molecule has 7 aliphatic rings. The molecule has 0 spiro atoms. The van der Waals surface area contributed by atoms with E-state index in [9.17, 15) is 9.59 Å². The number of nitrogens with zero attached hydrogens (tertiary/aromatic N) is 8. The summed E-state index contributed by atoms with van der Waals surface area (Å²) in [7, 11) is -0.350. The van der Waals surface area contributed by atoms with Crippen molar-refractivity contribution >= 4 is 62.5 Å². The molecule has 0 N–H and O–H groups in total. The number of amides is 2. The van der Waals surface area contributed by atoms with Crippen molar-refractivity contribution in [3.05, 3.63) is 162 Å². The number of ether oxygens (including phenoxy) is 4. The van der Waals surface area contributed by atoms with E-state index in [1.165, 1.54) is 40.2 Å². The second-order valence-electron chi connectivity index (χ2n) is 25.6. The Kier molecular flexibility index (Phi) is 17.1. The smallest absolute Gasteiger partial charge is 0.445 e. The summed E-state index contributed by atoms with van der Waals surface area (Å²) in [5, 5.41) is 11.5. The van der Waals surface area contributed by atoms with E-state index in [2.05, 4.69) is 130 Å². The van der Waals surface area contributed by atoms with Gasteiger partial charge in [-0.3, -0.25) is 0 Å². The lowest BCUT2D eigenvalue weighted by Gasteiger charge is -2.32. The highest BCUT2D eigenvalue weighted by Gasteiger charge is 2.53. The molecular weight excluding hydrogens is 1150 g/mol. The number of halogens is 1. The van der Waals surface area contributed by atoms with Crippen LogP contribution in [-0.4, -0.2) is 106 Å². The summed E-state index contributed by atoms with van der Waals surface area (Å²) in [6.45, 7) is 12.4. The summed E-state index contributed by atoms with van der Waals surface area (Å²) in [6.07, 6.45) is 25.1. The van der Waals surface area contributed by atoms with Crippen LogP contribution < -0.4 is 5.46 Å². The van der Waals surface area contributed by atoms with Crippen LogP contribution >= 0.6 is 15.9 Å². The van der Waals surface area contributed by atoms with Crippen LogP contribution in [0, 0.1) is 11.8 Å². The summed E-state index contributed by atoms with van der Waals surface area (Å²) in [5.74, 6) is 0.935. The molecular formula is C68H80BBrN8O8. The second kappa shape index (κ2) is 25.2. The molecule has 0 aliphatic carbocycles. The first-order valence-electron chi connectivity index (χ1n) is 31.3. The van der Waals surface area contributed by atoms with Crippen LogP contribution in [-0.2, 0) is 54.6 Å². The van der Waals surface area contributed by atoms with E-state index in [0.717, 1.165) is 117 Å². The molecule has 7 aliphatic heterocycles. The van der Waals surface area contributed by atoms with Crippen LogP contribution in [0.3, 0.4) is 0 Å². The van der Waals surface area contributed by atoms with Gasteiger partial charge in [-0.15, -0.1) is 0 Å². The fraction of sp³-hybridized carbons (Fsp3) is 0.471. The Morgan fingerprint density at radius 3 is 1.63 bits per heavy atom. The quantitative estimate of drug-likeness (QED) is 0.109. The van der Waals surface area contributed by atoms with Gasteiger partial charge in [-0.25, -0.2) is 19.0 Å². The zero-order valence-electron chi connectivity index (χ0n) is 50.0. The van der Waals surface area contributed by atoms with Crippen molar-refractivity contribution in [1.82, 2.24) is 38.5 Å². The van der Waals surface area contributed by atoms with E-state index >= 15 is 0 Å². The third kappa shape index (κ3) is 12.4. The minimum atomic E-state index is -0.350. The first-order valence-corrected chi connectivity index (χ1v) is 32.1. The monoisotopic (exact) mass is 1230 g/mol. The molecule has 4 aromatic carbocycles. The van der Waals surface area contributed by atoms with Gasteiger partial charge in [0, 0.05) is 119 Å². The largest absolute Gasteiger partial charge is 0.498 e. The van der Waals surface area contributed by atoms with E-state index < -0.39 is 0 Å². The molecule has 18 heteroatoms.